The third-order valence-corrected chi connectivity index (χ3v) is 4.61. The summed E-state index contributed by atoms with van der Waals surface area (Å²) in [7, 11) is 1.66. The maximum Gasteiger partial charge on any atom is 0.227 e. The van der Waals surface area contributed by atoms with Crippen molar-refractivity contribution >= 4 is 24.0 Å². The minimum absolute atomic E-state index is 0. The van der Waals surface area contributed by atoms with Gasteiger partial charge in [-0.1, -0.05) is 6.42 Å². The zero-order valence-electron chi connectivity index (χ0n) is 12.3. The summed E-state index contributed by atoms with van der Waals surface area (Å²) >= 11 is 0. The molecule has 0 aliphatic heterocycles. The van der Waals surface area contributed by atoms with E-state index in [1.54, 1.807) is 7.11 Å². The molecule has 2 aliphatic carbocycles. The molecule has 3 rings (SSSR count). The third-order valence-electron chi connectivity index (χ3n) is 4.61. The van der Waals surface area contributed by atoms with Gasteiger partial charge in [-0.05, 0) is 55.4 Å². The molecule has 3 N–H and O–H groups in total. The molecule has 0 atom stereocenters. The van der Waals surface area contributed by atoms with Gasteiger partial charge in [0.05, 0.1) is 7.11 Å². The average Bonchev–Trinajstić information content (AvgIpc) is 2.33. The van der Waals surface area contributed by atoms with E-state index >= 15 is 0 Å². The smallest absolute Gasteiger partial charge is 0.227 e. The summed E-state index contributed by atoms with van der Waals surface area (Å²) < 4.78 is 5.30. The van der Waals surface area contributed by atoms with Crippen LogP contribution in [0.15, 0.2) is 18.2 Å². The molecule has 2 fully saturated rings. The van der Waals surface area contributed by atoms with Gasteiger partial charge in [-0.3, -0.25) is 4.79 Å². The highest BCUT2D eigenvalue weighted by Gasteiger charge is 2.31. The fourth-order valence-electron chi connectivity index (χ4n) is 2.94. The first kappa shape index (κ1) is 16.1. The second kappa shape index (κ2) is 6.67. The highest BCUT2D eigenvalue weighted by molar-refractivity contribution is 5.94. The van der Waals surface area contributed by atoms with Gasteiger partial charge in [0.2, 0.25) is 5.91 Å². The summed E-state index contributed by atoms with van der Waals surface area (Å²) in [5.74, 6) is 1.64. The molecule has 1 aromatic carbocycles. The van der Waals surface area contributed by atoms with Gasteiger partial charge in [0.25, 0.3) is 0 Å². The maximum atomic E-state index is 12.1. The van der Waals surface area contributed by atoms with E-state index < -0.39 is 0 Å². The van der Waals surface area contributed by atoms with Gasteiger partial charge < -0.3 is 15.8 Å². The lowest BCUT2D eigenvalue weighted by atomic mass is 9.75. The minimum Gasteiger partial charge on any atom is -0.497 e. The van der Waals surface area contributed by atoms with Crippen molar-refractivity contribution in [3.05, 3.63) is 23.8 Å². The van der Waals surface area contributed by atoms with Gasteiger partial charge in [0.1, 0.15) is 5.75 Å². The van der Waals surface area contributed by atoms with Gasteiger partial charge in [0, 0.05) is 17.6 Å². The Hall–Kier alpha value is -1.26. The normalized spacial score (nSPS) is 24.3. The number of carbonyl (C=O) groups excluding carboxylic acids is 1. The SMILES string of the molecule is COc1ccc(NC(=O)C2CCC2)c(C2CC(N)C2)c1.Cl. The van der Waals surface area contributed by atoms with Crippen LogP contribution in [0.25, 0.3) is 0 Å². The molecule has 4 nitrogen and oxygen atoms in total. The first-order valence-electron chi connectivity index (χ1n) is 7.41. The van der Waals surface area contributed by atoms with Gasteiger partial charge >= 0.3 is 0 Å². The van der Waals surface area contributed by atoms with Gasteiger partial charge in [-0.2, -0.15) is 0 Å². The van der Waals surface area contributed by atoms with Crippen LogP contribution in [-0.2, 0) is 4.79 Å². The number of nitrogens with two attached hydrogens (primary N) is 1. The number of ether oxygens (including phenoxy) is 1. The standard InChI is InChI=1S/C16H22N2O2.ClH/c1-20-13-5-6-15(18-16(19)10-3-2-4-10)14(9-13)11-7-12(17)8-11;/h5-6,9-12H,2-4,7-8,17H2,1H3,(H,18,19);1H. The largest absolute Gasteiger partial charge is 0.497 e. The van der Waals surface area contributed by atoms with Crippen molar-refractivity contribution in [3.8, 4) is 5.75 Å². The molecule has 0 heterocycles. The highest BCUT2D eigenvalue weighted by atomic mass is 35.5. The Labute approximate surface area is 131 Å². The number of hydrogen-bond donors (Lipinski definition) is 2. The molecule has 21 heavy (non-hydrogen) atoms. The summed E-state index contributed by atoms with van der Waals surface area (Å²) in [6, 6.07) is 6.18. The fraction of sp³-hybridized carbons (Fsp3) is 0.562. The van der Waals surface area contributed by atoms with Crippen molar-refractivity contribution in [3.63, 3.8) is 0 Å². The molecule has 0 bridgehead atoms. The van der Waals surface area contributed by atoms with Crippen LogP contribution in [0.2, 0.25) is 0 Å². The molecule has 0 saturated heterocycles. The second-order valence-corrected chi connectivity index (χ2v) is 6.00. The summed E-state index contributed by atoms with van der Waals surface area (Å²) in [5, 5.41) is 3.09. The van der Waals surface area contributed by atoms with Crippen LogP contribution in [0.1, 0.15) is 43.6 Å². The molecule has 116 valence electrons. The fourth-order valence-corrected chi connectivity index (χ4v) is 2.94. The van der Waals surface area contributed by atoms with E-state index in [-0.39, 0.29) is 24.2 Å². The number of hydrogen-bond acceptors (Lipinski definition) is 3. The number of nitrogens with one attached hydrogen (secondary N) is 1. The Morgan fingerprint density at radius 3 is 2.57 bits per heavy atom. The van der Waals surface area contributed by atoms with Crippen LogP contribution in [0.5, 0.6) is 5.75 Å². The molecular formula is C16H23ClN2O2. The first-order valence-corrected chi connectivity index (χ1v) is 7.41. The maximum absolute atomic E-state index is 12.1. The average molecular weight is 311 g/mol. The Kier molecular flexibility index (Phi) is 5.12. The molecule has 1 aromatic rings. The zero-order valence-corrected chi connectivity index (χ0v) is 13.1. The summed E-state index contributed by atoms with van der Waals surface area (Å²) in [6.45, 7) is 0. The zero-order chi connectivity index (χ0) is 14.1. The summed E-state index contributed by atoms with van der Waals surface area (Å²) in [6.07, 6.45) is 5.18. The topological polar surface area (TPSA) is 64.3 Å². The molecule has 0 radical (unpaired) electrons. The molecule has 5 heteroatoms. The molecule has 2 saturated carbocycles. The van der Waals surface area contributed by atoms with E-state index in [4.69, 9.17) is 10.5 Å². The molecule has 1 amide bonds. The number of rotatable bonds is 4. The monoisotopic (exact) mass is 310 g/mol. The lowest BCUT2D eigenvalue weighted by Crippen LogP contribution is -2.35. The van der Waals surface area contributed by atoms with Crippen LogP contribution in [0.3, 0.4) is 0 Å². The van der Waals surface area contributed by atoms with Crippen molar-refractivity contribution in [2.45, 2.75) is 44.1 Å². The third kappa shape index (κ3) is 3.33. The van der Waals surface area contributed by atoms with E-state index in [9.17, 15) is 4.79 Å². The van der Waals surface area contributed by atoms with Crippen molar-refractivity contribution in [1.82, 2.24) is 0 Å². The molecule has 0 unspecified atom stereocenters. The van der Waals surface area contributed by atoms with E-state index in [0.29, 0.717) is 12.0 Å². The molecular weight excluding hydrogens is 288 g/mol. The summed E-state index contributed by atoms with van der Waals surface area (Å²) in [5.41, 5.74) is 7.98. The van der Waals surface area contributed by atoms with Gasteiger partial charge in [-0.25, -0.2) is 0 Å². The van der Waals surface area contributed by atoms with Crippen LogP contribution in [0, 0.1) is 5.92 Å². The molecule has 2 aliphatic rings. The molecule has 0 spiro atoms. The summed E-state index contributed by atoms with van der Waals surface area (Å²) in [4.78, 5) is 12.1. The van der Waals surface area contributed by atoms with Crippen molar-refractivity contribution in [1.29, 1.82) is 0 Å². The number of halogens is 1. The number of anilines is 1. The lowest BCUT2D eigenvalue weighted by molar-refractivity contribution is -0.122. The van der Waals surface area contributed by atoms with Crippen molar-refractivity contribution < 1.29 is 9.53 Å². The predicted octanol–water partition coefficient (Wildman–Crippen LogP) is 3.06. The molecule has 0 aromatic heterocycles. The Balaban J connectivity index is 0.00000161. The lowest BCUT2D eigenvalue weighted by Gasteiger charge is -2.34. The van der Waals surface area contributed by atoms with Crippen LogP contribution in [-0.4, -0.2) is 19.1 Å². The van der Waals surface area contributed by atoms with Crippen molar-refractivity contribution in [2.24, 2.45) is 11.7 Å². The second-order valence-electron chi connectivity index (χ2n) is 6.00. The van der Waals surface area contributed by atoms with Gasteiger partial charge in [0.15, 0.2) is 0 Å². The van der Waals surface area contributed by atoms with E-state index in [2.05, 4.69) is 5.32 Å². The number of amides is 1. The Bertz CT molecular complexity index is 511. The number of carbonyl (C=O) groups is 1. The Morgan fingerprint density at radius 2 is 2.05 bits per heavy atom. The predicted molar refractivity (Wildman–Crippen MR) is 86.2 cm³/mol. The van der Waals surface area contributed by atoms with Crippen LogP contribution >= 0.6 is 12.4 Å². The Morgan fingerprint density at radius 1 is 1.33 bits per heavy atom. The van der Waals surface area contributed by atoms with Crippen LogP contribution in [0.4, 0.5) is 5.69 Å². The van der Waals surface area contributed by atoms with E-state index in [0.717, 1.165) is 37.1 Å². The van der Waals surface area contributed by atoms with Crippen molar-refractivity contribution in [2.75, 3.05) is 12.4 Å². The van der Waals surface area contributed by atoms with Crippen LogP contribution < -0.4 is 15.8 Å². The first-order chi connectivity index (χ1) is 9.67. The quantitative estimate of drug-likeness (QED) is 0.898. The number of benzene rings is 1. The van der Waals surface area contributed by atoms with E-state index in [1.807, 2.05) is 18.2 Å². The highest BCUT2D eigenvalue weighted by Crippen LogP contribution is 2.41. The van der Waals surface area contributed by atoms with Gasteiger partial charge in [-0.15, -0.1) is 12.4 Å². The minimum atomic E-state index is 0. The number of methoxy groups -OCH3 is 1. The van der Waals surface area contributed by atoms with E-state index in [1.165, 1.54) is 12.0 Å².